The van der Waals surface area contributed by atoms with Crippen LogP contribution in [0.4, 0.5) is 0 Å². The number of benzene rings is 1. The Balaban J connectivity index is 2.08. The molecule has 6 heteroatoms. The first-order chi connectivity index (χ1) is 10.0. The molecule has 2 aromatic rings. The highest BCUT2D eigenvalue weighted by Gasteiger charge is 2.13. The van der Waals surface area contributed by atoms with Crippen molar-refractivity contribution in [1.29, 1.82) is 0 Å². The van der Waals surface area contributed by atoms with Crippen molar-refractivity contribution in [1.82, 2.24) is 10.3 Å². The van der Waals surface area contributed by atoms with Crippen LogP contribution in [0.5, 0.6) is 5.88 Å². The molecule has 0 fully saturated rings. The third-order valence-corrected chi connectivity index (χ3v) is 3.74. The van der Waals surface area contributed by atoms with Crippen LogP contribution in [0.25, 0.3) is 0 Å². The first-order valence-corrected chi connectivity index (χ1v) is 7.02. The molecule has 0 radical (unpaired) electrons. The molecule has 1 amide bonds. The summed E-state index contributed by atoms with van der Waals surface area (Å²) in [6, 6.07) is 8.36. The van der Waals surface area contributed by atoms with Crippen molar-refractivity contribution in [3.05, 3.63) is 57.7 Å². The van der Waals surface area contributed by atoms with Gasteiger partial charge in [0.2, 0.25) is 5.88 Å². The van der Waals surface area contributed by atoms with Gasteiger partial charge in [-0.2, -0.15) is 0 Å². The highest BCUT2D eigenvalue weighted by Crippen LogP contribution is 2.25. The summed E-state index contributed by atoms with van der Waals surface area (Å²) in [5, 5.41) is 3.82. The van der Waals surface area contributed by atoms with E-state index in [4.69, 9.17) is 27.9 Å². The Morgan fingerprint density at radius 1 is 1.24 bits per heavy atom. The van der Waals surface area contributed by atoms with Gasteiger partial charge in [0.05, 0.1) is 28.8 Å². The second-order valence-electron chi connectivity index (χ2n) is 4.46. The average Bonchev–Trinajstić information content (AvgIpc) is 2.50. The molecule has 1 heterocycles. The fourth-order valence-corrected chi connectivity index (χ4v) is 2.09. The largest absolute Gasteiger partial charge is 0.481 e. The summed E-state index contributed by atoms with van der Waals surface area (Å²) in [5.41, 5.74) is 1.34. The number of ether oxygens (including phenoxy) is 1. The summed E-state index contributed by atoms with van der Waals surface area (Å²) in [7, 11) is 1.52. The van der Waals surface area contributed by atoms with Crippen molar-refractivity contribution < 1.29 is 9.53 Å². The summed E-state index contributed by atoms with van der Waals surface area (Å²) in [6.07, 6.45) is 1.47. The number of aromatic nitrogens is 1. The highest BCUT2D eigenvalue weighted by molar-refractivity contribution is 6.42. The van der Waals surface area contributed by atoms with E-state index in [1.165, 1.54) is 13.3 Å². The van der Waals surface area contributed by atoms with E-state index < -0.39 is 0 Å². The second kappa shape index (κ2) is 6.78. The molecule has 0 saturated heterocycles. The highest BCUT2D eigenvalue weighted by atomic mass is 35.5. The van der Waals surface area contributed by atoms with Crippen LogP contribution in [0.3, 0.4) is 0 Å². The quantitative estimate of drug-likeness (QED) is 0.928. The molecule has 0 spiro atoms. The van der Waals surface area contributed by atoms with Gasteiger partial charge in [0, 0.05) is 12.3 Å². The van der Waals surface area contributed by atoms with Crippen molar-refractivity contribution in [2.75, 3.05) is 7.11 Å². The third kappa shape index (κ3) is 3.86. The summed E-state index contributed by atoms with van der Waals surface area (Å²) < 4.78 is 4.95. The molecule has 1 atom stereocenters. The molecule has 0 aliphatic heterocycles. The zero-order valence-electron chi connectivity index (χ0n) is 11.6. The van der Waals surface area contributed by atoms with Crippen LogP contribution in [-0.2, 0) is 0 Å². The van der Waals surface area contributed by atoms with Gasteiger partial charge in [-0.05, 0) is 30.7 Å². The summed E-state index contributed by atoms with van der Waals surface area (Å²) in [4.78, 5) is 16.1. The predicted molar refractivity (Wildman–Crippen MR) is 83.1 cm³/mol. The number of hydrogen-bond donors (Lipinski definition) is 1. The zero-order valence-corrected chi connectivity index (χ0v) is 13.1. The van der Waals surface area contributed by atoms with E-state index in [1.807, 2.05) is 13.0 Å². The fourth-order valence-electron chi connectivity index (χ4n) is 1.78. The number of rotatable bonds is 4. The molecular weight excluding hydrogens is 311 g/mol. The molecular formula is C15H14Cl2N2O2. The number of methoxy groups -OCH3 is 1. The normalized spacial score (nSPS) is 11.8. The standard InChI is InChI=1S/C15H14Cl2N2O2/c1-9(10-3-5-12(16)13(17)7-10)19-15(20)11-4-6-14(21-2)18-8-11/h3-9H,1-2H3,(H,19,20). The fraction of sp³-hybridized carbons (Fsp3) is 0.200. The van der Waals surface area contributed by atoms with Crippen LogP contribution in [-0.4, -0.2) is 18.0 Å². The maximum Gasteiger partial charge on any atom is 0.253 e. The van der Waals surface area contributed by atoms with Crippen LogP contribution in [0.2, 0.25) is 10.0 Å². The lowest BCUT2D eigenvalue weighted by molar-refractivity contribution is 0.0939. The Bertz CT molecular complexity index is 645. The molecule has 2 rings (SSSR count). The maximum absolute atomic E-state index is 12.1. The van der Waals surface area contributed by atoms with E-state index in [0.29, 0.717) is 21.5 Å². The van der Waals surface area contributed by atoms with Gasteiger partial charge in [0.1, 0.15) is 0 Å². The summed E-state index contributed by atoms with van der Waals surface area (Å²) in [6.45, 7) is 1.87. The number of nitrogens with zero attached hydrogens (tertiary/aromatic N) is 1. The minimum Gasteiger partial charge on any atom is -0.481 e. The van der Waals surface area contributed by atoms with E-state index in [0.717, 1.165) is 5.56 Å². The number of pyridine rings is 1. The number of halogens is 2. The van der Waals surface area contributed by atoms with Gasteiger partial charge in [0.15, 0.2) is 0 Å². The Hall–Kier alpha value is -1.78. The average molecular weight is 325 g/mol. The number of carbonyl (C=O) groups excluding carboxylic acids is 1. The Morgan fingerprint density at radius 2 is 2.00 bits per heavy atom. The molecule has 1 N–H and O–H groups in total. The van der Waals surface area contributed by atoms with Crippen LogP contribution in [0, 0.1) is 0 Å². The second-order valence-corrected chi connectivity index (χ2v) is 5.27. The van der Waals surface area contributed by atoms with Crippen molar-refractivity contribution in [2.45, 2.75) is 13.0 Å². The number of carbonyl (C=O) groups is 1. The minimum absolute atomic E-state index is 0.200. The van der Waals surface area contributed by atoms with Crippen LogP contribution in [0.1, 0.15) is 28.9 Å². The van der Waals surface area contributed by atoms with Gasteiger partial charge in [-0.3, -0.25) is 4.79 Å². The van der Waals surface area contributed by atoms with Crippen molar-refractivity contribution in [3.63, 3.8) is 0 Å². The number of amides is 1. The molecule has 21 heavy (non-hydrogen) atoms. The Labute approximate surface area is 133 Å². The lowest BCUT2D eigenvalue weighted by atomic mass is 10.1. The van der Waals surface area contributed by atoms with Crippen LogP contribution >= 0.6 is 23.2 Å². The monoisotopic (exact) mass is 324 g/mol. The molecule has 0 aliphatic rings. The molecule has 0 aliphatic carbocycles. The van der Waals surface area contributed by atoms with Gasteiger partial charge < -0.3 is 10.1 Å². The number of hydrogen-bond acceptors (Lipinski definition) is 3. The van der Waals surface area contributed by atoms with Crippen LogP contribution < -0.4 is 10.1 Å². The van der Waals surface area contributed by atoms with Gasteiger partial charge >= 0.3 is 0 Å². The van der Waals surface area contributed by atoms with E-state index in [1.54, 1.807) is 24.3 Å². The molecule has 1 aromatic heterocycles. The molecule has 110 valence electrons. The lowest BCUT2D eigenvalue weighted by Crippen LogP contribution is -2.26. The molecule has 1 unspecified atom stereocenters. The molecule has 0 saturated carbocycles. The minimum atomic E-state index is -0.219. The molecule has 1 aromatic carbocycles. The topological polar surface area (TPSA) is 51.2 Å². The van der Waals surface area contributed by atoms with E-state index >= 15 is 0 Å². The van der Waals surface area contributed by atoms with Crippen molar-refractivity contribution >= 4 is 29.1 Å². The Kier molecular flexibility index (Phi) is 5.04. The summed E-state index contributed by atoms with van der Waals surface area (Å²) >= 11 is 11.9. The van der Waals surface area contributed by atoms with Crippen molar-refractivity contribution in [2.24, 2.45) is 0 Å². The summed E-state index contributed by atoms with van der Waals surface area (Å²) in [5.74, 6) is 0.243. The van der Waals surface area contributed by atoms with E-state index in [9.17, 15) is 4.79 Å². The lowest BCUT2D eigenvalue weighted by Gasteiger charge is -2.15. The predicted octanol–water partition coefficient (Wildman–Crippen LogP) is 3.89. The van der Waals surface area contributed by atoms with Gasteiger partial charge in [-0.1, -0.05) is 29.3 Å². The van der Waals surface area contributed by atoms with Gasteiger partial charge in [-0.15, -0.1) is 0 Å². The SMILES string of the molecule is COc1ccc(C(=O)NC(C)c2ccc(Cl)c(Cl)c2)cn1. The van der Waals surface area contributed by atoms with Gasteiger partial charge in [0.25, 0.3) is 5.91 Å². The Morgan fingerprint density at radius 3 is 2.57 bits per heavy atom. The first kappa shape index (κ1) is 15.6. The van der Waals surface area contributed by atoms with Gasteiger partial charge in [-0.25, -0.2) is 4.98 Å². The smallest absolute Gasteiger partial charge is 0.253 e. The molecule has 4 nitrogen and oxygen atoms in total. The number of nitrogens with one attached hydrogen (secondary N) is 1. The first-order valence-electron chi connectivity index (χ1n) is 6.27. The maximum atomic E-state index is 12.1. The van der Waals surface area contributed by atoms with E-state index in [-0.39, 0.29) is 11.9 Å². The van der Waals surface area contributed by atoms with Crippen LogP contribution in [0.15, 0.2) is 36.5 Å². The van der Waals surface area contributed by atoms with E-state index in [2.05, 4.69) is 10.3 Å². The third-order valence-electron chi connectivity index (χ3n) is 3.00. The molecule has 0 bridgehead atoms. The zero-order chi connectivity index (χ0) is 15.4. The van der Waals surface area contributed by atoms with Crippen molar-refractivity contribution in [3.8, 4) is 5.88 Å².